The second-order valence-electron chi connectivity index (χ2n) is 7.53. The molecule has 1 aromatic heterocycles. The molecular formula is C24H29NO4S. The molecule has 0 amide bonds. The smallest absolute Gasteiger partial charge is 0.203 e. The predicted octanol–water partition coefficient (Wildman–Crippen LogP) is 5.36. The Kier molecular flexibility index (Phi) is 6.75. The second-order valence-corrected chi connectivity index (χ2v) is 8.82. The minimum Gasteiger partial charge on any atom is -0.493 e. The highest BCUT2D eigenvalue weighted by Crippen LogP contribution is 2.42. The van der Waals surface area contributed by atoms with Gasteiger partial charge in [0.05, 0.1) is 27.9 Å². The molecule has 0 aliphatic carbocycles. The number of ether oxygens (including phenoxy) is 3. The van der Waals surface area contributed by atoms with Gasteiger partial charge in [0.25, 0.3) is 0 Å². The molecule has 30 heavy (non-hydrogen) atoms. The monoisotopic (exact) mass is 427 g/mol. The Labute approximate surface area is 182 Å². The minimum absolute atomic E-state index is 0.648. The number of piperidine rings is 1. The lowest BCUT2D eigenvalue weighted by Crippen LogP contribution is -2.34. The maximum absolute atomic E-state index is 5.99. The Morgan fingerprint density at radius 2 is 1.73 bits per heavy atom. The zero-order chi connectivity index (χ0) is 20.9. The highest BCUT2D eigenvalue weighted by atomic mass is 32.2. The number of hydrogen-bond acceptors (Lipinski definition) is 6. The van der Waals surface area contributed by atoms with Crippen molar-refractivity contribution in [2.75, 3.05) is 34.4 Å². The topological polar surface area (TPSA) is 44.1 Å². The Hall–Kier alpha value is -2.31. The van der Waals surface area contributed by atoms with Gasteiger partial charge in [0, 0.05) is 22.0 Å². The van der Waals surface area contributed by atoms with E-state index in [1.54, 1.807) is 21.3 Å². The van der Waals surface area contributed by atoms with E-state index >= 15 is 0 Å². The molecule has 0 radical (unpaired) electrons. The van der Waals surface area contributed by atoms with Crippen molar-refractivity contribution < 1.29 is 18.6 Å². The molecule has 0 unspecified atom stereocenters. The van der Waals surface area contributed by atoms with Crippen LogP contribution in [0.3, 0.4) is 0 Å². The van der Waals surface area contributed by atoms with Crippen molar-refractivity contribution in [3.8, 4) is 17.2 Å². The third kappa shape index (κ3) is 4.55. The van der Waals surface area contributed by atoms with Gasteiger partial charge in [0.1, 0.15) is 11.3 Å². The van der Waals surface area contributed by atoms with Crippen LogP contribution < -0.4 is 14.2 Å². The van der Waals surface area contributed by atoms with Gasteiger partial charge in [0.15, 0.2) is 11.5 Å². The van der Waals surface area contributed by atoms with Gasteiger partial charge in [-0.05, 0) is 44.1 Å². The molecule has 160 valence electrons. The zero-order valence-corrected chi connectivity index (χ0v) is 18.7. The Morgan fingerprint density at radius 1 is 0.967 bits per heavy atom. The van der Waals surface area contributed by atoms with Crippen LogP contribution in [0.15, 0.2) is 46.9 Å². The normalized spacial score (nSPS) is 15.4. The van der Waals surface area contributed by atoms with Gasteiger partial charge >= 0.3 is 0 Å². The van der Waals surface area contributed by atoms with E-state index in [1.807, 2.05) is 30.0 Å². The van der Waals surface area contributed by atoms with Crippen LogP contribution >= 0.6 is 11.8 Å². The molecule has 2 aromatic carbocycles. The van der Waals surface area contributed by atoms with E-state index in [9.17, 15) is 0 Å². The Morgan fingerprint density at radius 3 is 2.43 bits per heavy atom. The summed E-state index contributed by atoms with van der Waals surface area (Å²) in [4.78, 5) is 2.49. The summed E-state index contributed by atoms with van der Waals surface area (Å²) in [6.45, 7) is 3.07. The van der Waals surface area contributed by atoms with Gasteiger partial charge in [-0.15, -0.1) is 0 Å². The minimum atomic E-state index is 0.648. The molecule has 0 bridgehead atoms. The van der Waals surface area contributed by atoms with Crippen molar-refractivity contribution in [3.63, 3.8) is 0 Å². The summed E-state index contributed by atoms with van der Waals surface area (Å²) in [7, 11) is 4.97. The molecule has 1 aliphatic rings. The van der Waals surface area contributed by atoms with Crippen LogP contribution in [0.4, 0.5) is 0 Å². The standard InChI is InChI=1S/C24H29NO4S/c1-26-22-9-8-18(23(27-2)24(22)28-3)16-30-20-10-12-25(13-11-20)15-19-14-17-6-4-5-7-21(17)29-19/h4-9,14,20H,10-13,15-16H2,1-3H3. The van der Waals surface area contributed by atoms with Crippen LogP contribution in [0.1, 0.15) is 24.2 Å². The molecule has 2 heterocycles. The number of thioether (sulfide) groups is 1. The Balaban J connectivity index is 1.31. The molecule has 3 aromatic rings. The van der Waals surface area contributed by atoms with Crippen LogP contribution in [0.25, 0.3) is 11.0 Å². The van der Waals surface area contributed by atoms with E-state index in [0.717, 1.165) is 48.0 Å². The summed E-state index contributed by atoms with van der Waals surface area (Å²) in [5.74, 6) is 4.09. The highest BCUT2D eigenvalue weighted by molar-refractivity contribution is 7.99. The van der Waals surface area contributed by atoms with Gasteiger partial charge in [-0.3, -0.25) is 4.90 Å². The first-order chi connectivity index (χ1) is 14.7. The average molecular weight is 428 g/mol. The number of furan rings is 1. The summed E-state index contributed by atoms with van der Waals surface area (Å²) >= 11 is 2.00. The van der Waals surface area contributed by atoms with Crippen molar-refractivity contribution >= 4 is 22.7 Å². The number of fused-ring (bicyclic) bond motifs is 1. The third-order valence-corrected chi connectivity index (χ3v) is 7.07. The van der Waals surface area contributed by atoms with Gasteiger partial charge in [0.2, 0.25) is 5.75 Å². The first kappa shape index (κ1) is 20.9. The van der Waals surface area contributed by atoms with E-state index in [-0.39, 0.29) is 0 Å². The zero-order valence-electron chi connectivity index (χ0n) is 17.8. The highest BCUT2D eigenvalue weighted by Gasteiger charge is 2.22. The molecule has 5 nitrogen and oxygen atoms in total. The molecule has 1 fully saturated rings. The van der Waals surface area contributed by atoms with Crippen LogP contribution in [0.2, 0.25) is 0 Å². The van der Waals surface area contributed by atoms with E-state index in [4.69, 9.17) is 18.6 Å². The summed E-state index contributed by atoms with van der Waals surface area (Å²) in [6.07, 6.45) is 2.36. The first-order valence-corrected chi connectivity index (χ1v) is 11.4. The number of benzene rings is 2. The quantitative estimate of drug-likeness (QED) is 0.482. The predicted molar refractivity (Wildman–Crippen MR) is 122 cm³/mol. The maximum Gasteiger partial charge on any atom is 0.203 e. The second kappa shape index (κ2) is 9.67. The molecule has 6 heteroatoms. The summed E-state index contributed by atoms with van der Waals surface area (Å²) < 4.78 is 22.5. The van der Waals surface area contributed by atoms with Crippen LogP contribution in [-0.2, 0) is 12.3 Å². The van der Waals surface area contributed by atoms with Crippen molar-refractivity contribution in [1.82, 2.24) is 4.90 Å². The van der Waals surface area contributed by atoms with Gasteiger partial charge in [-0.25, -0.2) is 0 Å². The average Bonchev–Trinajstić information content (AvgIpc) is 3.20. The van der Waals surface area contributed by atoms with Crippen LogP contribution in [-0.4, -0.2) is 44.6 Å². The summed E-state index contributed by atoms with van der Waals surface area (Å²) in [6, 6.07) is 14.4. The van der Waals surface area contributed by atoms with E-state index < -0.39 is 0 Å². The molecular weight excluding hydrogens is 398 g/mol. The molecule has 1 saturated heterocycles. The van der Waals surface area contributed by atoms with Gasteiger partial charge in [-0.1, -0.05) is 24.3 Å². The number of rotatable bonds is 8. The lowest BCUT2D eigenvalue weighted by Gasteiger charge is -2.31. The maximum atomic E-state index is 5.99. The molecule has 1 aliphatic heterocycles. The van der Waals surface area contributed by atoms with Crippen molar-refractivity contribution in [1.29, 1.82) is 0 Å². The summed E-state index contributed by atoms with van der Waals surface area (Å²) in [5, 5.41) is 1.83. The number of likely N-dealkylation sites (tertiary alicyclic amines) is 1. The third-order valence-electron chi connectivity index (χ3n) is 5.65. The van der Waals surface area contributed by atoms with Gasteiger partial charge in [-0.2, -0.15) is 11.8 Å². The van der Waals surface area contributed by atoms with Crippen molar-refractivity contribution in [2.45, 2.75) is 30.4 Å². The largest absolute Gasteiger partial charge is 0.493 e. The molecule has 0 saturated carbocycles. The van der Waals surface area contributed by atoms with E-state index in [1.165, 1.54) is 18.2 Å². The SMILES string of the molecule is COc1ccc(CSC2CCN(Cc3cc4ccccc4o3)CC2)c(OC)c1OC. The molecule has 0 atom stereocenters. The number of methoxy groups -OCH3 is 3. The number of para-hydroxylation sites is 1. The van der Waals surface area contributed by atoms with E-state index in [0.29, 0.717) is 16.7 Å². The van der Waals surface area contributed by atoms with Crippen LogP contribution in [0, 0.1) is 0 Å². The van der Waals surface area contributed by atoms with Crippen molar-refractivity contribution in [2.24, 2.45) is 0 Å². The Bertz CT molecular complexity index is 945. The lowest BCUT2D eigenvalue weighted by molar-refractivity contribution is 0.210. The van der Waals surface area contributed by atoms with E-state index in [2.05, 4.69) is 29.2 Å². The fourth-order valence-corrected chi connectivity index (χ4v) is 5.24. The number of nitrogens with zero attached hydrogens (tertiary/aromatic N) is 1. The van der Waals surface area contributed by atoms with Crippen LogP contribution in [0.5, 0.6) is 17.2 Å². The lowest BCUT2D eigenvalue weighted by atomic mass is 10.1. The molecule has 0 N–H and O–H groups in total. The van der Waals surface area contributed by atoms with Gasteiger partial charge < -0.3 is 18.6 Å². The summed E-state index contributed by atoms with van der Waals surface area (Å²) in [5.41, 5.74) is 2.12. The van der Waals surface area contributed by atoms with Crippen molar-refractivity contribution in [3.05, 3.63) is 53.8 Å². The molecule has 4 rings (SSSR count). The number of hydrogen-bond donors (Lipinski definition) is 0. The first-order valence-electron chi connectivity index (χ1n) is 10.3. The molecule has 0 spiro atoms. The fourth-order valence-electron chi connectivity index (χ4n) is 4.05. The fraction of sp³-hybridized carbons (Fsp3) is 0.417.